The van der Waals surface area contributed by atoms with Crippen LogP contribution in [0.2, 0.25) is 0 Å². The van der Waals surface area contributed by atoms with Gasteiger partial charge in [0.15, 0.2) is 0 Å². The summed E-state index contributed by atoms with van der Waals surface area (Å²) in [4.78, 5) is 28.1. The first-order valence-electron chi connectivity index (χ1n) is 8.77. The second-order valence-corrected chi connectivity index (χ2v) is 7.38. The Labute approximate surface area is 162 Å². The first kappa shape index (κ1) is 19.0. The number of hydrogen-bond donors (Lipinski definition) is 0. The van der Waals surface area contributed by atoms with Gasteiger partial charge in [-0.25, -0.2) is 0 Å². The number of hydrogen-bond acceptors (Lipinski definition) is 5. The van der Waals surface area contributed by atoms with Gasteiger partial charge in [-0.05, 0) is 37.1 Å². The lowest BCUT2D eigenvalue weighted by Gasteiger charge is -2.31. The topological polar surface area (TPSA) is 70.4 Å². The maximum atomic E-state index is 13.0. The second kappa shape index (κ2) is 8.74. The van der Waals surface area contributed by atoms with E-state index in [9.17, 15) is 14.9 Å². The van der Waals surface area contributed by atoms with Gasteiger partial charge in [0.05, 0.1) is 24.2 Å². The third-order valence-electron chi connectivity index (χ3n) is 4.66. The Balaban J connectivity index is 1.77. The van der Waals surface area contributed by atoms with E-state index in [2.05, 4.69) is 6.07 Å². The SMILES string of the molecule is COC(=O)C1CCN(C(=O)c2ccccc2Sc2ccccc2C#N)CC1. The third-order valence-corrected chi connectivity index (χ3v) is 5.81. The van der Waals surface area contributed by atoms with Crippen molar-refractivity contribution >= 4 is 23.6 Å². The molecule has 5 nitrogen and oxygen atoms in total. The van der Waals surface area contributed by atoms with Crippen LogP contribution in [0.5, 0.6) is 0 Å². The van der Waals surface area contributed by atoms with Gasteiger partial charge in [-0.1, -0.05) is 36.0 Å². The lowest BCUT2D eigenvalue weighted by molar-refractivity contribution is -0.146. The molecule has 27 heavy (non-hydrogen) atoms. The molecular formula is C21H20N2O3S. The number of ether oxygens (including phenoxy) is 1. The number of nitriles is 1. The van der Waals surface area contributed by atoms with Crippen LogP contribution in [0.1, 0.15) is 28.8 Å². The number of esters is 1. The van der Waals surface area contributed by atoms with Crippen LogP contribution >= 0.6 is 11.8 Å². The number of likely N-dealkylation sites (tertiary alicyclic amines) is 1. The van der Waals surface area contributed by atoms with Crippen molar-refractivity contribution in [3.05, 3.63) is 59.7 Å². The van der Waals surface area contributed by atoms with Crippen molar-refractivity contribution in [3.63, 3.8) is 0 Å². The molecule has 0 unspecified atom stereocenters. The Morgan fingerprint density at radius 1 is 1.07 bits per heavy atom. The van der Waals surface area contributed by atoms with E-state index in [1.807, 2.05) is 42.5 Å². The molecule has 1 aliphatic rings. The van der Waals surface area contributed by atoms with Crippen LogP contribution in [0.4, 0.5) is 0 Å². The number of amides is 1. The Kier molecular flexibility index (Phi) is 6.15. The van der Waals surface area contributed by atoms with Crippen LogP contribution in [0.3, 0.4) is 0 Å². The summed E-state index contributed by atoms with van der Waals surface area (Å²) in [5.74, 6) is -0.381. The van der Waals surface area contributed by atoms with Crippen molar-refractivity contribution < 1.29 is 14.3 Å². The number of nitrogens with zero attached hydrogens (tertiary/aromatic N) is 2. The van der Waals surface area contributed by atoms with Crippen LogP contribution in [0.25, 0.3) is 0 Å². The van der Waals surface area contributed by atoms with Crippen molar-refractivity contribution in [3.8, 4) is 6.07 Å². The second-order valence-electron chi connectivity index (χ2n) is 6.30. The van der Waals surface area contributed by atoms with Gasteiger partial charge in [-0.15, -0.1) is 0 Å². The van der Waals surface area contributed by atoms with Gasteiger partial charge in [-0.2, -0.15) is 5.26 Å². The molecule has 1 heterocycles. The molecule has 0 bridgehead atoms. The number of carbonyl (C=O) groups is 2. The zero-order valence-corrected chi connectivity index (χ0v) is 15.9. The fourth-order valence-electron chi connectivity index (χ4n) is 3.15. The molecule has 0 aliphatic carbocycles. The highest BCUT2D eigenvalue weighted by molar-refractivity contribution is 7.99. The number of carbonyl (C=O) groups excluding carboxylic acids is 2. The summed E-state index contributed by atoms with van der Waals surface area (Å²) in [6, 6.07) is 17.0. The minimum absolute atomic E-state index is 0.0455. The van der Waals surface area contributed by atoms with E-state index in [0.29, 0.717) is 37.1 Å². The van der Waals surface area contributed by atoms with Crippen LogP contribution in [-0.4, -0.2) is 37.0 Å². The molecular weight excluding hydrogens is 360 g/mol. The molecule has 0 atom stereocenters. The van der Waals surface area contributed by atoms with Gasteiger partial charge in [0.25, 0.3) is 5.91 Å². The predicted molar refractivity (Wildman–Crippen MR) is 102 cm³/mol. The summed E-state index contributed by atoms with van der Waals surface area (Å²) in [6.07, 6.45) is 1.23. The standard InChI is InChI=1S/C21H20N2O3S/c1-26-21(25)15-10-12-23(13-11-15)20(24)17-7-3-5-9-19(17)27-18-8-4-2-6-16(18)14-22/h2-9,15H,10-13H2,1H3. The molecule has 1 amide bonds. The van der Waals surface area contributed by atoms with E-state index >= 15 is 0 Å². The normalized spacial score (nSPS) is 14.4. The quantitative estimate of drug-likeness (QED) is 0.756. The van der Waals surface area contributed by atoms with Crippen LogP contribution in [-0.2, 0) is 9.53 Å². The van der Waals surface area contributed by atoms with Gasteiger partial charge in [-0.3, -0.25) is 9.59 Å². The van der Waals surface area contributed by atoms with Crippen LogP contribution in [0, 0.1) is 17.2 Å². The summed E-state index contributed by atoms with van der Waals surface area (Å²) in [5, 5.41) is 9.29. The molecule has 1 saturated heterocycles. The number of piperidine rings is 1. The maximum absolute atomic E-state index is 13.0. The molecule has 0 N–H and O–H groups in total. The molecule has 1 aliphatic heterocycles. The van der Waals surface area contributed by atoms with Crippen LogP contribution in [0.15, 0.2) is 58.3 Å². The van der Waals surface area contributed by atoms with E-state index in [0.717, 1.165) is 9.79 Å². The zero-order chi connectivity index (χ0) is 19.2. The molecule has 138 valence electrons. The lowest BCUT2D eigenvalue weighted by Crippen LogP contribution is -2.40. The zero-order valence-electron chi connectivity index (χ0n) is 15.1. The fraction of sp³-hybridized carbons (Fsp3) is 0.286. The van der Waals surface area contributed by atoms with Crippen molar-refractivity contribution in [1.82, 2.24) is 4.90 Å². The van der Waals surface area contributed by atoms with Gasteiger partial charge in [0, 0.05) is 22.9 Å². The minimum Gasteiger partial charge on any atom is -0.469 e. The summed E-state index contributed by atoms with van der Waals surface area (Å²) >= 11 is 1.42. The summed E-state index contributed by atoms with van der Waals surface area (Å²) < 4.78 is 4.81. The molecule has 0 saturated carbocycles. The number of rotatable bonds is 4. The largest absolute Gasteiger partial charge is 0.469 e. The van der Waals surface area contributed by atoms with Gasteiger partial charge < -0.3 is 9.64 Å². The molecule has 0 radical (unpaired) electrons. The first-order valence-corrected chi connectivity index (χ1v) is 9.58. The van der Waals surface area contributed by atoms with E-state index < -0.39 is 0 Å². The molecule has 6 heteroatoms. The average Bonchev–Trinajstić information content (AvgIpc) is 2.73. The van der Waals surface area contributed by atoms with Gasteiger partial charge in [0.2, 0.25) is 0 Å². The lowest BCUT2D eigenvalue weighted by atomic mass is 9.96. The summed E-state index contributed by atoms with van der Waals surface area (Å²) in [7, 11) is 1.40. The Morgan fingerprint density at radius 3 is 2.37 bits per heavy atom. The Morgan fingerprint density at radius 2 is 1.70 bits per heavy atom. The molecule has 0 aromatic heterocycles. The van der Waals surface area contributed by atoms with E-state index in [1.54, 1.807) is 11.0 Å². The highest BCUT2D eigenvalue weighted by Gasteiger charge is 2.29. The predicted octanol–water partition coefficient (Wildman–Crippen LogP) is 3.73. The Bertz CT molecular complexity index is 883. The van der Waals surface area contributed by atoms with E-state index in [4.69, 9.17) is 4.74 Å². The minimum atomic E-state index is -0.203. The van der Waals surface area contributed by atoms with Gasteiger partial charge in [0.1, 0.15) is 6.07 Å². The van der Waals surface area contributed by atoms with E-state index in [1.165, 1.54) is 18.9 Å². The number of methoxy groups -OCH3 is 1. The van der Waals surface area contributed by atoms with Crippen LogP contribution < -0.4 is 0 Å². The van der Waals surface area contributed by atoms with E-state index in [-0.39, 0.29) is 17.8 Å². The fourth-order valence-corrected chi connectivity index (χ4v) is 4.17. The third kappa shape index (κ3) is 4.32. The Hall–Kier alpha value is -2.78. The summed E-state index contributed by atoms with van der Waals surface area (Å²) in [6.45, 7) is 1.07. The summed E-state index contributed by atoms with van der Waals surface area (Å²) in [5.41, 5.74) is 1.20. The smallest absolute Gasteiger partial charge is 0.308 e. The highest BCUT2D eigenvalue weighted by Crippen LogP contribution is 2.33. The molecule has 3 rings (SSSR count). The number of benzene rings is 2. The van der Waals surface area contributed by atoms with Crippen molar-refractivity contribution in [2.45, 2.75) is 22.6 Å². The average molecular weight is 380 g/mol. The molecule has 0 spiro atoms. The highest BCUT2D eigenvalue weighted by atomic mass is 32.2. The monoisotopic (exact) mass is 380 g/mol. The maximum Gasteiger partial charge on any atom is 0.308 e. The molecule has 1 fully saturated rings. The van der Waals surface area contributed by atoms with Crippen molar-refractivity contribution in [2.75, 3.05) is 20.2 Å². The van der Waals surface area contributed by atoms with Crippen molar-refractivity contribution in [2.24, 2.45) is 5.92 Å². The van der Waals surface area contributed by atoms with Crippen molar-refractivity contribution in [1.29, 1.82) is 5.26 Å². The van der Waals surface area contributed by atoms with Gasteiger partial charge >= 0.3 is 5.97 Å². The molecule has 2 aromatic carbocycles. The first-order chi connectivity index (χ1) is 13.1. The molecule has 2 aromatic rings.